The van der Waals surface area contributed by atoms with E-state index >= 15 is 0 Å². The number of ketones is 1. The third kappa shape index (κ3) is 6.51. The quantitative estimate of drug-likeness (QED) is 0.355. The lowest BCUT2D eigenvalue weighted by atomic mass is 9.90. The first-order valence-electron chi connectivity index (χ1n) is 13.5. The molecule has 1 aromatic heterocycles. The average Bonchev–Trinajstić information content (AvgIpc) is 2.98. The van der Waals surface area contributed by atoms with Crippen LogP contribution in [0, 0.1) is 5.92 Å². The number of amides is 1. The van der Waals surface area contributed by atoms with E-state index < -0.39 is 5.91 Å². The number of methoxy groups -OCH3 is 1. The zero-order valence-electron chi connectivity index (χ0n) is 22.2. The smallest absolute Gasteiger partial charge is 0.273 e. The number of aromatic nitrogens is 3. The third-order valence-electron chi connectivity index (χ3n) is 7.58. The molecule has 1 atom stereocenters. The largest absolute Gasteiger partial charge is 0.497 e. The highest BCUT2D eigenvalue weighted by atomic mass is 16.5. The maximum Gasteiger partial charge on any atom is 0.273 e. The van der Waals surface area contributed by atoms with Crippen LogP contribution in [0.5, 0.6) is 5.75 Å². The molecule has 5 rings (SSSR count). The SMILES string of the molecule is COc1ccc(C(=O)C[C@@H]2CCCN(c3nnc(C(N)=O)c(Nc4ccc(C5CCNCC5)cc4)n3)C2)cc1. The van der Waals surface area contributed by atoms with Crippen molar-refractivity contribution in [3.63, 3.8) is 0 Å². The number of nitrogens with two attached hydrogens (primary N) is 1. The number of Topliss-reactive ketones (excluding diaryl/α,β-unsaturated/α-hetero) is 1. The Bertz CT molecular complexity index is 1290. The van der Waals surface area contributed by atoms with Gasteiger partial charge in [0.15, 0.2) is 17.3 Å². The Balaban J connectivity index is 1.28. The normalized spacial score (nSPS) is 18.0. The highest BCUT2D eigenvalue weighted by molar-refractivity contribution is 5.96. The number of piperidine rings is 2. The first kappa shape index (κ1) is 26.6. The van der Waals surface area contributed by atoms with E-state index in [-0.39, 0.29) is 23.2 Å². The summed E-state index contributed by atoms with van der Waals surface area (Å²) in [6, 6.07) is 15.4. The van der Waals surface area contributed by atoms with Gasteiger partial charge < -0.3 is 26.0 Å². The lowest BCUT2D eigenvalue weighted by molar-refractivity contribution is 0.0954. The number of anilines is 3. The number of rotatable bonds is 9. The highest BCUT2D eigenvalue weighted by Crippen LogP contribution is 2.29. The number of hydrogen-bond donors (Lipinski definition) is 3. The van der Waals surface area contributed by atoms with Crippen molar-refractivity contribution in [3.8, 4) is 5.75 Å². The number of nitrogens with zero attached hydrogens (tertiary/aromatic N) is 4. The fourth-order valence-corrected chi connectivity index (χ4v) is 5.41. The highest BCUT2D eigenvalue weighted by Gasteiger charge is 2.26. The van der Waals surface area contributed by atoms with E-state index in [4.69, 9.17) is 10.5 Å². The Kier molecular flexibility index (Phi) is 8.31. The minimum atomic E-state index is -0.697. The summed E-state index contributed by atoms with van der Waals surface area (Å²) >= 11 is 0. The molecular formula is C29H35N7O3. The Morgan fingerprint density at radius 1 is 1.05 bits per heavy atom. The summed E-state index contributed by atoms with van der Waals surface area (Å²) in [7, 11) is 1.60. The molecule has 2 aliphatic heterocycles. The van der Waals surface area contributed by atoms with Crippen LogP contribution in [0.3, 0.4) is 0 Å². The summed E-state index contributed by atoms with van der Waals surface area (Å²) in [4.78, 5) is 31.6. The van der Waals surface area contributed by atoms with E-state index in [1.807, 2.05) is 17.0 Å². The predicted octanol–water partition coefficient (Wildman–Crippen LogP) is 3.68. The van der Waals surface area contributed by atoms with Crippen LogP contribution in [0.1, 0.15) is 64.4 Å². The van der Waals surface area contributed by atoms with Gasteiger partial charge in [-0.2, -0.15) is 4.98 Å². The van der Waals surface area contributed by atoms with Gasteiger partial charge in [-0.1, -0.05) is 12.1 Å². The van der Waals surface area contributed by atoms with Gasteiger partial charge in [0.2, 0.25) is 5.95 Å². The van der Waals surface area contributed by atoms with Gasteiger partial charge >= 0.3 is 0 Å². The van der Waals surface area contributed by atoms with Crippen LogP contribution in [-0.2, 0) is 0 Å². The van der Waals surface area contributed by atoms with E-state index in [1.165, 1.54) is 5.56 Å². The Morgan fingerprint density at radius 3 is 2.49 bits per heavy atom. The lowest BCUT2D eigenvalue weighted by Gasteiger charge is -2.32. The van der Waals surface area contributed by atoms with Crippen LogP contribution >= 0.6 is 0 Å². The molecule has 3 heterocycles. The van der Waals surface area contributed by atoms with E-state index in [0.29, 0.717) is 30.4 Å². The number of nitrogens with one attached hydrogen (secondary N) is 2. The first-order valence-corrected chi connectivity index (χ1v) is 13.5. The molecule has 1 amide bonds. The molecule has 0 saturated carbocycles. The van der Waals surface area contributed by atoms with Gasteiger partial charge in [0.25, 0.3) is 5.91 Å². The van der Waals surface area contributed by atoms with Gasteiger partial charge in [0.05, 0.1) is 7.11 Å². The zero-order valence-corrected chi connectivity index (χ0v) is 22.2. The lowest BCUT2D eigenvalue weighted by Crippen LogP contribution is -2.38. The van der Waals surface area contributed by atoms with Gasteiger partial charge in [-0.05, 0) is 92.6 Å². The Morgan fingerprint density at radius 2 is 1.79 bits per heavy atom. The monoisotopic (exact) mass is 529 g/mol. The van der Waals surface area contributed by atoms with Crippen molar-refractivity contribution in [2.24, 2.45) is 11.7 Å². The topological polar surface area (TPSA) is 135 Å². The molecule has 10 heteroatoms. The molecule has 10 nitrogen and oxygen atoms in total. The minimum Gasteiger partial charge on any atom is -0.497 e. The van der Waals surface area contributed by atoms with Crippen LogP contribution in [-0.4, -0.2) is 60.2 Å². The zero-order chi connectivity index (χ0) is 27.2. The number of benzene rings is 2. The van der Waals surface area contributed by atoms with Crippen molar-refractivity contribution in [2.45, 2.75) is 38.0 Å². The summed E-state index contributed by atoms with van der Waals surface area (Å²) in [5.74, 6) is 1.53. The molecule has 0 unspecified atom stereocenters. The molecule has 0 aliphatic carbocycles. The summed E-state index contributed by atoms with van der Waals surface area (Å²) in [6.45, 7) is 3.45. The molecule has 2 fully saturated rings. The summed E-state index contributed by atoms with van der Waals surface area (Å²) in [6.07, 6.45) is 4.53. The van der Waals surface area contributed by atoms with Gasteiger partial charge in [0.1, 0.15) is 5.75 Å². The van der Waals surface area contributed by atoms with Crippen LogP contribution in [0.2, 0.25) is 0 Å². The molecule has 0 bridgehead atoms. The van der Waals surface area contributed by atoms with Crippen LogP contribution in [0.4, 0.5) is 17.5 Å². The number of primary amides is 1. The van der Waals surface area contributed by atoms with Crippen molar-refractivity contribution >= 4 is 29.1 Å². The van der Waals surface area contributed by atoms with Gasteiger partial charge in [-0.15, -0.1) is 10.2 Å². The minimum absolute atomic E-state index is 0.00979. The molecule has 39 heavy (non-hydrogen) atoms. The molecule has 2 aliphatic rings. The second-order valence-corrected chi connectivity index (χ2v) is 10.3. The predicted molar refractivity (Wildman–Crippen MR) is 150 cm³/mol. The van der Waals surface area contributed by atoms with Crippen molar-refractivity contribution in [1.29, 1.82) is 0 Å². The van der Waals surface area contributed by atoms with Crippen LogP contribution in [0.15, 0.2) is 48.5 Å². The Labute approximate surface area is 228 Å². The summed E-state index contributed by atoms with van der Waals surface area (Å²) < 4.78 is 5.19. The average molecular weight is 530 g/mol. The molecular weight excluding hydrogens is 494 g/mol. The van der Waals surface area contributed by atoms with E-state index in [0.717, 1.165) is 56.8 Å². The number of hydrogen-bond acceptors (Lipinski definition) is 9. The van der Waals surface area contributed by atoms with Crippen molar-refractivity contribution in [3.05, 3.63) is 65.4 Å². The number of carbonyl (C=O) groups excluding carboxylic acids is 2. The van der Waals surface area contributed by atoms with Gasteiger partial charge in [-0.3, -0.25) is 9.59 Å². The van der Waals surface area contributed by atoms with Crippen molar-refractivity contribution in [2.75, 3.05) is 43.5 Å². The molecule has 0 radical (unpaired) electrons. The summed E-state index contributed by atoms with van der Waals surface area (Å²) in [5, 5.41) is 14.9. The summed E-state index contributed by atoms with van der Waals surface area (Å²) in [5.41, 5.74) is 8.35. The fraction of sp³-hybridized carbons (Fsp3) is 0.414. The van der Waals surface area contributed by atoms with E-state index in [9.17, 15) is 9.59 Å². The van der Waals surface area contributed by atoms with Crippen molar-refractivity contribution < 1.29 is 14.3 Å². The van der Waals surface area contributed by atoms with E-state index in [2.05, 4.69) is 37.9 Å². The van der Waals surface area contributed by atoms with E-state index in [1.54, 1.807) is 31.4 Å². The molecule has 4 N–H and O–H groups in total. The second-order valence-electron chi connectivity index (χ2n) is 10.3. The molecule has 3 aromatic rings. The Hall–Kier alpha value is -4.05. The maximum absolute atomic E-state index is 12.9. The maximum atomic E-state index is 12.9. The first-order chi connectivity index (χ1) is 19.0. The molecule has 204 valence electrons. The standard InChI is InChI=1S/C29H35N7O3/c1-39-24-10-6-22(7-11-24)25(37)17-19-3-2-16-36(18-19)29-33-28(26(27(30)38)34-35-29)32-23-8-4-20(5-9-23)21-12-14-31-15-13-21/h4-11,19,21,31H,2-3,12-18H2,1H3,(H2,30,38)(H,32,33,35)/t19-/m0/s1. The van der Waals surface area contributed by atoms with Crippen LogP contribution in [0.25, 0.3) is 0 Å². The number of carbonyl (C=O) groups is 2. The third-order valence-corrected chi connectivity index (χ3v) is 7.58. The van der Waals surface area contributed by atoms with Crippen LogP contribution < -0.4 is 26.0 Å². The van der Waals surface area contributed by atoms with Gasteiger partial charge in [-0.25, -0.2) is 0 Å². The number of ether oxygens (including phenoxy) is 1. The van der Waals surface area contributed by atoms with Gasteiger partial charge in [0, 0.05) is 30.8 Å². The molecule has 2 aromatic carbocycles. The molecule has 2 saturated heterocycles. The molecule has 0 spiro atoms. The fourth-order valence-electron chi connectivity index (χ4n) is 5.41. The second kappa shape index (κ2) is 12.2. The van der Waals surface area contributed by atoms with Crippen molar-refractivity contribution in [1.82, 2.24) is 20.5 Å².